The summed E-state index contributed by atoms with van der Waals surface area (Å²) in [5.74, 6) is -0.128. The molecule has 47 heavy (non-hydrogen) atoms. The van der Waals surface area contributed by atoms with E-state index < -0.39 is 35.9 Å². The van der Waals surface area contributed by atoms with Crippen LogP contribution < -0.4 is 15.4 Å². The smallest absolute Gasteiger partial charge is 0.254 e. The van der Waals surface area contributed by atoms with E-state index in [0.29, 0.717) is 53.3 Å². The zero-order valence-corrected chi connectivity index (χ0v) is 28.6. The third-order valence-electron chi connectivity index (χ3n) is 11.1. The molecule has 1 saturated heterocycles. The first-order valence-electron chi connectivity index (χ1n) is 16.7. The fraction of sp³-hybridized carbons (Fsp3) is 0.611. The number of ether oxygens (including phenoxy) is 1. The summed E-state index contributed by atoms with van der Waals surface area (Å²) in [6, 6.07) is 9.03. The summed E-state index contributed by atoms with van der Waals surface area (Å²) < 4.78 is 20.7. The highest BCUT2D eigenvalue weighted by molar-refractivity contribution is 5.96. The monoisotopic (exact) mass is 654 g/mol. The van der Waals surface area contributed by atoms with Gasteiger partial charge in [-0.15, -0.1) is 0 Å². The molecule has 2 aromatic carbocycles. The summed E-state index contributed by atoms with van der Waals surface area (Å²) >= 11 is 0. The van der Waals surface area contributed by atoms with Crippen LogP contribution in [0.1, 0.15) is 56.5 Å². The van der Waals surface area contributed by atoms with E-state index in [2.05, 4.69) is 31.4 Å². The Kier molecular flexibility index (Phi) is 10.6. The van der Waals surface area contributed by atoms with E-state index in [1.54, 1.807) is 18.1 Å². The van der Waals surface area contributed by atoms with Crippen molar-refractivity contribution in [2.45, 2.75) is 71.4 Å². The molecular formula is C36H51FN4O6. The van der Waals surface area contributed by atoms with Crippen LogP contribution in [-0.2, 0) is 16.2 Å². The van der Waals surface area contributed by atoms with Gasteiger partial charge >= 0.3 is 0 Å². The summed E-state index contributed by atoms with van der Waals surface area (Å²) in [7, 11) is 5.31. The Balaban J connectivity index is 1.40. The van der Waals surface area contributed by atoms with Gasteiger partial charge in [0.25, 0.3) is 5.91 Å². The number of hydrogen-bond donors (Lipinski definition) is 4. The van der Waals surface area contributed by atoms with Crippen molar-refractivity contribution in [3.8, 4) is 16.9 Å². The lowest BCUT2D eigenvalue weighted by molar-refractivity contribution is -0.183. The molecule has 0 radical (unpaired) electrons. The maximum atomic E-state index is 14.8. The molecule has 8 atom stereocenters. The Morgan fingerprint density at radius 3 is 2.57 bits per heavy atom. The van der Waals surface area contributed by atoms with Gasteiger partial charge in [-0.3, -0.25) is 14.4 Å². The number of benzene rings is 2. The summed E-state index contributed by atoms with van der Waals surface area (Å²) in [6.07, 6.45) is 0.408. The predicted molar refractivity (Wildman–Crippen MR) is 177 cm³/mol. The second-order valence-corrected chi connectivity index (χ2v) is 14.5. The maximum Gasteiger partial charge on any atom is 0.254 e. The topological polar surface area (TPSA) is 124 Å². The van der Waals surface area contributed by atoms with Gasteiger partial charge in [0.2, 0.25) is 5.91 Å². The lowest BCUT2D eigenvalue weighted by Crippen LogP contribution is -2.62. The average Bonchev–Trinajstić information content (AvgIpc) is 3.40. The van der Waals surface area contributed by atoms with Crippen LogP contribution in [0.5, 0.6) is 5.75 Å². The van der Waals surface area contributed by atoms with Crippen LogP contribution in [0.3, 0.4) is 0 Å². The van der Waals surface area contributed by atoms with Gasteiger partial charge in [0.15, 0.2) is 0 Å². The number of fused-ring (bicyclic) bond motifs is 2. The number of nitrogens with one attached hydrogen (secondary N) is 2. The van der Waals surface area contributed by atoms with Gasteiger partial charge in [-0.2, -0.15) is 5.06 Å². The van der Waals surface area contributed by atoms with Gasteiger partial charge in [0.1, 0.15) is 23.7 Å². The molecule has 0 unspecified atom stereocenters. The maximum absolute atomic E-state index is 14.8. The summed E-state index contributed by atoms with van der Waals surface area (Å²) in [5.41, 5.74) is 2.10. The minimum atomic E-state index is -0.918. The highest BCUT2D eigenvalue weighted by atomic mass is 19.1. The molecule has 1 aliphatic heterocycles. The van der Waals surface area contributed by atoms with Crippen LogP contribution in [0.2, 0.25) is 0 Å². The van der Waals surface area contributed by atoms with Crippen LogP contribution >= 0.6 is 0 Å². The third kappa shape index (κ3) is 6.91. The van der Waals surface area contributed by atoms with E-state index in [4.69, 9.17) is 9.57 Å². The molecular weight excluding hydrogens is 603 g/mol. The molecule has 4 fully saturated rings. The van der Waals surface area contributed by atoms with Crippen molar-refractivity contribution in [1.29, 1.82) is 0 Å². The zero-order chi connectivity index (χ0) is 34.2. The van der Waals surface area contributed by atoms with E-state index in [1.165, 1.54) is 25.7 Å². The number of methoxy groups -OCH3 is 1. The number of aliphatic hydroxyl groups excluding tert-OH is 2. The number of hydrogen-bond acceptors (Lipinski definition) is 8. The SMILES string of the molecule is COc1c(CN2O[C@@H](CO)[C@@H]([C@H](C)O)[C@H]2C(=O)N[C@@H]2C[C@H]3C[C@@H]([C@@H]2C)C3(C)C)cccc1-c1ccc(F)c(C(=O)NCCN(C)C)c1. The molecule has 2 amide bonds. The Labute approximate surface area is 277 Å². The van der Waals surface area contributed by atoms with Crippen LogP contribution in [0.25, 0.3) is 11.1 Å². The van der Waals surface area contributed by atoms with Crippen molar-refractivity contribution in [1.82, 2.24) is 20.6 Å². The lowest BCUT2D eigenvalue weighted by Gasteiger charge is -2.62. The van der Waals surface area contributed by atoms with Crippen molar-refractivity contribution >= 4 is 11.8 Å². The first kappa shape index (κ1) is 35.2. The molecule has 258 valence electrons. The summed E-state index contributed by atoms with van der Waals surface area (Å²) in [5, 5.41) is 28.6. The largest absolute Gasteiger partial charge is 0.496 e. The zero-order valence-electron chi connectivity index (χ0n) is 28.6. The van der Waals surface area contributed by atoms with Gasteiger partial charge in [0, 0.05) is 36.2 Å². The van der Waals surface area contributed by atoms with Crippen LogP contribution in [0.4, 0.5) is 4.39 Å². The molecule has 6 rings (SSSR count). The first-order valence-corrected chi connectivity index (χ1v) is 16.7. The van der Waals surface area contributed by atoms with E-state index in [1.807, 2.05) is 37.2 Å². The molecule has 4 N–H and O–H groups in total. The number of nitrogens with zero attached hydrogens (tertiary/aromatic N) is 2. The van der Waals surface area contributed by atoms with E-state index >= 15 is 0 Å². The van der Waals surface area contributed by atoms with Gasteiger partial charge in [-0.05, 0) is 74.7 Å². The quantitative estimate of drug-likeness (QED) is 0.275. The minimum absolute atomic E-state index is 0.0227. The van der Waals surface area contributed by atoms with E-state index in [0.717, 1.165) is 6.42 Å². The number of rotatable bonds is 12. The second kappa shape index (κ2) is 14.2. The second-order valence-electron chi connectivity index (χ2n) is 14.5. The number of hydroxylamine groups is 2. The number of para-hydroxylation sites is 1. The van der Waals surface area contributed by atoms with Crippen molar-refractivity contribution in [2.24, 2.45) is 29.1 Å². The van der Waals surface area contributed by atoms with Gasteiger partial charge in [-0.25, -0.2) is 4.39 Å². The molecule has 0 spiro atoms. The molecule has 0 aromatic heterocycles. The molecule has 11 heteroatoms. The third-order valence-corrected chi connectivity index (χ3v) is 11.1. The Morgan fingerprint density at radius 1 is 1.21 bits per heavy atom. The molecule has 3 aliphatic carbocycles. The van der Waals surface area contributed by atoms with Gasteiger partial charge in [-0.1, -0.05) is 45.0 Å². The highest BCUT2D eigenvalue weighted by Crippen LogP contribution is 2.61. The number of carbonyl (C=O) groups is 2. The van der Waals surface area contributed by atoms with Crippen LogP contribution in [-0.4, -0.2) is 97.2 Å². The summed E-state index contributed by atoms with van der Waals surface area (Å²) in [4.78, 5) is 35.0. The van der Waals surface area contributed by atoms with Gasteiger partial charge < -0.3 is 30.5 Å². The van der Waals surface area contributed by atoms with E-state index in [9.17, 15) is 24.2 Å². The fourth-order valence-electron chi connectivity index (χ4n) is 8.18. The Morgan fingerprint density at radius 2 is 1.96 bits per heavy atom. The summed E-state index contributed by atoms with van der Waals surface area (Å²) in [6.45, 7) is 9.21. The van der Waals surface area contributed by atoms with Crippen molar-refractivity contribution in [3.05, 3.63) is 53.3 Å². The van der Waals surface area contributed by atoms with Crippen LogP contribution in [0, 0.1) is 34.9 Å². The first-order chi connectivity index (χ1) is 22.3. The number of amides is 2. The fourth-order valence-corrected chi connectivity index (χ4v) is 8.18. The number of carbonyl (C=O) groups excluding carboxylic acids is 2. The number of aliphatic hydroxyl groups is 2. The molecule has 2 bridgehead atoms. The predicted octanol–water partition coefficient (Wildman–Crippen LogP) is 3.45. The number of halogens is 1. The van der Waals surface area contributed by atoms with Crippen molar-refractivity contribution < 1.29 is 33.8 Å². The van der Waals surface area contributed by atoms with E-state index in [-0.39, 0.29) is 36.1 Å². The van der Waals surface area contributed by atoms with Gasteiger partial charge in [0.05, 0.1) is 31.9 Å². The Hall–Kier alpha value is -3.09. The molecule has 4 aliphatic rings. The number of likely N-dealkylation sites (N-methyl/N-ethyl adjacent to an activating group) is 1. The lowest BCUT2D eigenvalue weighted by atomic mass is 9.45. The normalized spacial score (nSPS) is 28.9. The molecule has 10 nitrogen and oxygen atoms in total. The van der Waals surface area contributed by atoms with Crippen molar-refractivity contribution in [3.63, 3.8) is 0 Å². The Bertz CT molecular complexity index is 1450. The average molecular weight is 655 g/mol. The van der Waals surface area contributed by atoms with Crippen LogP contribution in [0.15, 0.2) is 36.4 Å². The molecule has 1 heterocycles. The minimum Gasteiger partial charge on any atom is -0.496 e. The molecule has 3 saturated carbocycles. The van der Waals surface area contributed by atoms with Crippen molar-refractivity contribution in [2.75, 3.05) is 40.9 Å². The molecule has 2 aromatic rings. The standard InChI is InChI=1S/C36H51FN4O6/c1-20-27-16-24(36(27,3)4)17-29(20)39-35(45)32-31(21(2)43)30(19-42)47-41(32)18-23-9-8-10-25(33(23)46-7)22-11-12-28(37)26(15-22)34(44)38-13-14-40(5)6/h8-12,15,20-21,24,27,29-32,42-43H,13-14,16-19H2,1-7H3,(H,38,44)(H,39,45)/t20-,21-,24+,27-,29+,30-,31+,32-/m0/s1. The highest BCUT2D eigenvalue weighted by Gasteiger charge is 2.57.